The van der Waals surface area contributed by atoms with Crippen LogP contribution < -0.4 is 120 Å². The van der Waals surface area contributed by atoms with Crippen LogP contribution in [-0.2, 0) is 32.5 Å². The summed E-state index contributed by atoms with van der Waals surface area (Å²) in [6, 6.07) is 60.0. The second kappa shape index (κ2) is 64.2. The first-order chi connectivity index (χ1) is 61.7. The van der Waals surface area contributed by atoms with Gasteiger partial charge in [0.2, 0.25) is 47.7 Å². The highest BCUT2D eigenvalue weighted by atomic mass is 35.5. The highest BCUT2D eigenvalue weighted by Crippen LogP contribution is 2.24. The molecule has 0 spiro atoms. The Morgan fingerprint density at radius 3 is 1.15 bits per heavy atom. The zero-order valence-electron chi connectivity index (χ0n) is 75.3. The monoisotopic (exact) mass is 1910 g/mol. The molecule has 0 heterocycles. The number of anilines is 1. The summed E-state index contributed by atoms with van der Waals surface area (Å²) in [4.78, 5) is 68.0. The fourth-order valence-electron chi connectivity index (χ4n) is 8.80. The average molecular weight is 1920 g/mol. The number of hydrogen-bond donors (Lipinski definition) is 21. The number of nitrogens with one attached hydrogen (secondary N) is 2. The summed E-state index contributed by atoms with van der Waals surface area (Å²) in [6.07, 6.45) is 1.48. The van der Waals surface area contributed by atoms with Gasteiger partial charge < -0.3 is 129 Å². The minimum absolute atomic E-state index is 0.0515. The van der Waals surface area contributed by atoms with Crippen LogP contribution in [0.5, 0.6) is 0 Å². The summed E-state index contributed by atoms with van der Waals surface area (Å²) >= 11 is 35.2. The summed E-state index contributed by atoms with van der Waals surface area (Å²) in [7, 11) is 10.7. The van der Waals surface area contributed by atoms with Gasteiger partial charge in [-0.3, -0.25) is 20.3 Å². The van der Waals surface area contributed by atoms with E-state index >= 15 is 0 Å². The Bertz CT molecular complexity index is 5290. The predicted molar refractivity (Wildman–Crippen MR) is 555 cm³/mol. The number of aryl methyl sites for hydroxylation is 2. The van der Waals surface area contributed by atoms with Gasteiger partial charge in [-0.1, -0.05) is 179 Å². The Labute approximate surface area is 795 Å². The van der Waals surface area contributed by atoms with E-state index in [1.54, 1.807) is 87.3 Å². The first kappa shape index (κ1) is 114. The van der Waals surface area contributed by atoms with E-state index < -0.39 is 0 Å². The number of aliphatic imine (C=N–C) groups is 16. The molecule has 0 aromatic heterocycles. The third-order valence-corrected chi connectivity index (χ3v) is 16.8. The molecule has 0 aliphatic carbocycles. The van der Waals surface area contributed by atoms with Gasteiger partial charge in [0.1, 0.15) is 0 Å². The van der Waals surface area contributed by atoms with Gasteiger partial charge in [0.15, 0.2) is 47.7 Å². The number of nitrogens with zero attached hydrogens (tertiary/aromatic N) is 19. The molecule has 0 unspecified atom stereocenters. The molecular formula is C85H124Cl6N40. The van der Waals surface area contributed by atoms with Crippen LogP contribution in [0.25, 0.3) is 0 Å². The zero-order chi connectivity index (χ0) is 98.7. The fraction of sp³-hybridized carbons (Fsp3) is 0.247. The Morgan fingerprint density at radius 2 is 0.702 bits per heavy atom. The lowest BCUT2D eigenvalue weighted by molar-refractivity contribution is 0.615. The van der Waals surface area contributed by atoms with Crippen LogP contribution in [0.4, 0.5) is 17.1 Å². The van der Waals surface area contributed by atoms with E-state index in [0.717, 1.165) is 68.2 Å². The van der Waals surface area contributed by atoms with Crippen LogP contribution >= 0.6 is 69.6 Å². The normalized spacial score (nSPS) is 12.2. The minimum atomic E-state index is -0.104. The highest BCUT2D eigenvalue weighted by molar-refractivity contribution is 6.33. The number of hydrogen-bond acceptors (Lipinski definition) is 9. The zero-order valence-corrected chi connectivity index (χ0v) is 79.8. The first-order valence-electron chi connectivity index (χ1n) is 39.3. The van der Waals surface area contributed by atoms with Crippen molar-refractivity contribution in [1.82, 2.24) is 20.0 Å². The Morgan fingerprint density at radius 1 is 0.321 bits per heavy atom. The van der Waals surface area contributed by atoms with Crippen molar-refractivity contribution in [2.45, 2.75) is 86.1 Å². The molecule has 40 N–H and O–H groups in total. The molecule has 8 aromatic carbocycles. The lowest BCUT2D eigenvalue weighted by atomic mass is 10.1. The molecule has 8 aromatic rings. The van der Waals surface area contributed by atoms with E-state index in [1.165, 1.54) is 0 Å². The predicted octanol–water partition coefficient (Wildman–Crippen LogP) is 7.29. The third-order valence-electron chi connectivity index (χ3n) is 14.9. The molecule has 46 heteroatoms. The Hall–Kier alpha value is -14.6. The molecule has 131 heavy (non-hydrogen) atoms. The van der Waals surface area contributed by atoms with Crippen LogP contribution in [0.1, 0.15) is 66.6 Å². The standard InChI is InChI=1S/2C12H18ClN5.C12H19N5.C11H16ClN5.2C10H14ClN5.C9H12ClN5.C9H13N5/c1-8(2)17-12(15)18-11(14)16-7-9-3-5-10(13)6-4-9;1-18(2)12(15)17-11(14)16-8-7-9-5-3-4-6-10(9)13;1-8(2)15-11(13)17-12(14)16-10-6-4-5-9(3)7-10;1-17(2)11(14)16-10(13)15-7-8-5-3-4-6-9(8)12;1-16(2)10(13)15-9(12)14-8-6-4-3-5-7(8)11;11-8-3-1-7(2-4-8)5-6-15-10(14)16-9(12)13;10-7-3-1-6(2-4-7)5-14-9(13)15-8(11)12;1-6-3-2-4-7(5-6)13-9(12)14-8(10)11/h3-6,8H,7H2,1-2H3,(H5,14,15,16,17,18);3-6H,7-8H2,1-2H3,(H4,14,15,16,17);4-8H,1-3H3,(H5,13,14,15,16,17);3-6H,7H2,1-2H3,(H4,13,14,15,16);3-6H,1-2H3,(H4,12,13,14,15);1-4H,5-6H2,(H6,12,13,14,15,16);1-4H,5H2,(H6,11,12,13,14,15);2-5H,1H3,(H6,10,11,12,13,14). The quantitative estimate of drug-likeness (QED) is 0.0314. The molecular weight excluding hydrogens is 1790 g/mol. The molecule has 0 fully saturated rings. The number of halogens is 6. The van der Waals surface area contributed by atoms with Crippen LogP contribution in [-0.4, -0.2) is 178 Å². The second-order valence-electron chi connectivity index (χ2n) is 27.8. The maximum Gasteiger partial charge on any atom is 0.223 e. The van der Waals surface area contributed by atoms with E-state index in [9.17, 15) is 0 Å². The number of nitrogens with two attached hydrogens (primary N) is 19. The molecule has 0 saturated carbocycles. The number of guanidine groups is 16. The lowest BCUT2D eigenvalue weighted by Crippen LogP contribution is -2.42. The van der Waals surface area contributed by atoms with Gasteiger partial charge in [0.25, 0.3) is 0 Å². The van der Waals surface area contributed by atoms with Crippen molar-refractivity contribution in [1.29, 1.82) is 0 Å². The summed E-state index contributed by atoms with van der Waals surface area (Å²) < 4.78 is 0. The topological polar surface area (TPSA) is 726 Å². The average Bonchev–Trinajstić information content (AvgIpc) is 0.896. The van der Waals surface area contributed by atoms with Crippen molar-refractivity contribution in [3.63, 3.8) is 0 Å². The molecule has 0 atom stereocenters. The second-order valence-corrected chi connectivity index (χ2v) is 30.4. The van der Waals surface area contributed by atoms with Crippen molar-refractivity contribution >= 4 is 182 Å². The van der Waals surface area contributed by atoms with Crippen LogP contribution in [0, 0.1) is 13.8 Å². The van der Waals surface area contributed by atoms with E-state index in [1.807, 2.05) is 205 Å². The van der Waals surface area contributed by atoms with Gasteiger partial charge in [-0.25, -0.2) is 30.0 Å². The fourth-order valence-corrected chi connectivity index (χ4v) is 9.78. The van der Waals surface area contributed by atoms with Crippen LogP contribution in [0.3, 0.4) is 0 Å². The van der Waals surface area contributed by atoms with Crippen molar-refractivity contribution in [2.75, 3.05) is 60.7 Å². The highest BCUT2D eigenvalue weighted by Gasteiger charge is 2.07. The van der Waals surface area contributed by atoms with Crippen molar-refractivity contribution < 1.29 is 0 Å². The van der Waals surface area contributed by atoms with Gasteiger partial charge >= 0.3 is 0 Å². The van der Waals surface area contributed by atoms with Gasteiger partial charge in [-0.05, 0) is 178 Å². The van der Waals surface area contributed by atoms with Gasteiger partial charge in [-0.15, -0.1) is 0 Å². The molecule has 8 rings (SSSR count). The Kier molecular flexibility index (Phi) is 56.1. The van der Waals surface area contributed by atoms with E-state index in [-0.39, 0.29) is 95.5 Å². The van der Waals surface area contributed by atoms with E-state index in [4.69, 9.17) is 179 Å². The summed E-state index contributed by atoms with van der Waals surface area (Å²) in [5.74, 6) is 2.13. The molecule has 0 bridgehead atoms. The lowest BCUT2D eigenvalue weighted by Gasteiger charge is -2.09. The van der Waals surface area contributed by atoms with Gasteiger partial charge in [0, 0.05) is 98.3 Å². The first-order valence-corrected chi connectivity index (χ1v) is 41.6. The van der Waals surface area contributed by atoms with Gasteiger partial charge in [0.05, 0.1) is 36.0 Å². The smallest absolute Gasteiger partial charge is 0.223 e. The molecule has 706 valence electrons. The summed E-state index contributed by atoms with van der Waals surface area (Å²) in [5.41, 5.74) is 113. The molecule has 0 radical (unpaired) electrons. The maximum atomic E-state index is 6.03. The summed E-state index contributed by atoms with van der Waals surface area (Å²) in [6.45, 7) is 14.0. The number of benzene rings is 8. The maximum absolute atomic E-state index is 6.03. The van der Waals surface area contributed by atoms with Gasteiger partial charge in [-0.2, -0.15) is 34.9 Å². The number of rotatable bonds is 17. The van der Waals surface area contributed by atoms with Crippen LogP contribution in [0.2, 0.25) is 30.1 Å². The van der Waals surface area contributed by atoms with E-state index in [2.05, 4.69) is 90.5 Å². The SMILES string of the molecule is CC(C)N=C(N)NC(N)=NCc1ccc(Cl)cc1.CN(C)C(N)=NC(N)=NCCc1ccccc1Cl.CN(C)C(N)=NC(N)=NCc1ccccc1Cl.CN(C)C(N)=NC(N)=Nc1ccccc1Cl.Cc1cccc(N=C(N)N=C(N)N)c1.Cc1cccc(NC(N)=NC(N)=NC(C)C)c1.NC(N)=NC(N)=NCCc1ccc(Cl)cc1.NC(N)=NC(N)=NCc1ccc(Cl)cc1. The largest absolute Gasteiger partial charge is 0.370 e. The molecule has 0 amide bonds. The Balaban J connectivity index is 0.000000749. The van der Waals surface area contributed by atoms with Crippen molar-refractivity contribution in [3.8, 4) is 0 Å². The summed E-state index contributed by atoms with van der Waals surface area (Å²) in [5, 5.41) is 9.68. The molecule has 40 nitrogen and oxygen atoms in total. The molecule has 0 saturated heterocycles. The molecule has 0 aliphatic rings. The minimum Gasteiger partial charge on any atom is -0.370 e. The van der Waals surface area contributed by atoms with Crippen LogP contribution in [0.15, 0.2) is 274 Å². The van der Waals surface area contributed by atoms with Crippen molar-refractivity contribution in [2.24, 2.45) is 189 Å². The number of para-hydroxylation sites is 1. The van der Waals surface area contributed by atoms with E-state index in [0.29, 0.717) is 75.4 Å². The van der Waals surface area contributed by atoms with Crippen molar-refractivity contribution in [3.05, 3.63) is 263 Å². The third kappa shape index (κ3) is 58.4. The molecule has 0 aliphatic heterocycles.